The Morgan fingerprint density at radius 3 is 2.76 bits per heavy atom. The van der Waals surface area contributed by atoms with Crippen LogP contribution in [0.3, 0.4) is 0 Å². The number of carboxylic acids is 1. The highest BCUT2D eigenvalue weighted by Gasteiger charge is 2.15. The lowest BCUT2D eigenvalue weighted by Crippen LogP contribution is -2.24. The number of benzene rings is 1. The zero-order valence-electron chi connectivity index (χ0n) is 9.38. The molecule has 0 saturated heterocycles. The molecule has 0 bridgehead atoms. The SMILES string of the molecule is COc1cccc(C(=O)O)c1NCC(O)CO. The number of nitrogens with one attached hydrogen (secondary N) is 1. The molecule has 0 saturated carbocycles. The third kappa shape index (κ3) is 3.33. The molecular formula is C11H15NO5. The van der Waals surface area contributed by atoms with Gasteiger partial charge in [0.05, 0.1) is 31.1 Å². The second-order valence-electron chi connectivity index (χ2n) is 3.41. The molecule has 0 heterocycles. The maximum Gasteiger partial charge on any atom is 0.337 e. The van der Waals surface area contributed by atoms with Crippen LogP contribution in [0, 0.1) is 0 Å². The molecule has 1 rings (SSSR count). The summed E-state index contributed by atoms with van der Waals surface area (Å²) in [7, 11) is 1.43. The van der Waals surface area contributed by atoms with E-state index < -0.39 is 18.7 Å². The average Bonchev–Trinajstić information content (AvgIpc) is 2.35. The number of hydrogen-bond acceptors (Lipinski definition) is 5. The van der Waals surface area contributed by atoms with Gasteiger partial charge in [0.25, 0.3) is 0 Å². The third-order valence-electron chi connectivity index (χ3n) is 2.20. The molecule has 0 spiro atoms. The van der Waals surface area contributed by atoms with E-state index in [-0.39, 0.29) is 17.8 Å². The molecule has 1 aromatic rings. The summed E-state index contributed by atoms with van der Waals surface area (Å²) in [6.45, 7) is -0.359. The van der Waals surface area contributed by atoms with Gasteiger partial charge in [-0.3, -0.25) is 0 Å². The highest BCUT2D eigenvalue weighted by molar-refractivity contribution is 5.96. The van der Waals surface area contributed by atoms with Crippen LogP contribution in [0.25, 0.3) is 0 Å². The molecule has 6 heteroatoms. The van der Waals surface area contributed by atoms with Gasteiger partial charge in [0.2, 0.25) is 0 Å². The maximum absolute atomic E-state index is 11.0. The first-order valence-corrected chi connectivity index (χ1v) is 5.03. The lowest BCUT2D eigenvalue weighted by molar-refractivity contribution is 0.0697. The molecule has 0 aliphatic rings. The molecule has 4 N–H and O–H groups in total. The summed E-state index contributed by atoms with van der Waals surface area (Å²) >= 11 is 0. The number of ether oxygens (including phenoxy) is 1. The number of anilines is 1. The van der Waals surface area contributed by atoms with Crippen LogP contribution < -0.4 is 10.1 Å². The Balaban J connectivity index is 2.97. The number of para-hydroxylation sites is 1. The summed E-state index contributed by atoms with van der Waals surface area (Å²) in [4.78, 5) is 11.0. The Bertz CT molecular complexity index is 393. The Morgan fingerprint density at radius 2 is 2.24 bits per heavy atom. The van der Waals surface area contributed by atoms with Crippen molar-refractivity contribution in [2.24, 2.45) is 0 Å². The van der Waals surface area contributed by atoms with Crippen molar-refractivity contribution in [3.8, 4) is 5.75 Å². The minimum Gasteiger partial charge on any atom is -0.495 e. The van der Waals surface area contributed by atoms with Crippen molar-refractivity contribution in [2.45, 2.75) is 6.10 Å². The molecule has 0 amide bonds. The monoisotopic (exact) mass is 241 g/mol. The minimum atomic E-state index is -1.09. The predicted molar refractivity (Wildman–Crippen MR) is 61.5 cm³/mol. The van der Waals surface area contributed by atoms with Crippen molar-refractivity contribution in [2.75, 3.05) is 25.6 Å². The van der Waals surface area contributed by atoms with Crippen molar-refractivity contribution in [3.63, 3.8) is 0 Å². The number of carbonyl (C=O) groups is 1. The van der Waals surface area contributed by atoms with E-state index in [4.69, 9.17) is 14.9 Å². The largest absolute Gasteiger partial charge is 0.495 e. The van der Waals surface area contributed by atoms with E-state index >= 15 is 0 Å². The number of carboxylic acid groups (broad SMARTS) is 1. The average molecular weight is 241 g/mol. The molecule has 1 aromatic carbocycles. The minimum absolute atomic E-state index is 0.0388. The number of aliphatic hydroxyl groups excluding tert-OH is 2. The first kappa shape index (κ1) is 13.3. The van der Waals surface area contributed by atoms with E-state index in [0.29, 0.717) is 5.75 Å². The molecule has 0 aliphatic carbocycles. The zero-order chi connectivity index (χ0) is 12.8. The van der Waals surface area contributed by atoms with Gasteiger partial charge >= 0.3 is 5.97 Å². The highest BCUT2D eigenvalue weighted by atomic mass is 16.5. The Labute approximate surface area is 98.5 Å². The lowest BCUT2D eigenvalue weighted by Gasteiger charge is -2.15. The van der Waals surface area contributed by atoms with Crippen molar-refractivity contribution in [3.05, 3.63) is 23.8 Å². The topological polar surface area (TPSA) is 99.0 Å². The zero-order valence-corrected chi connectivity index (χ0v) is 9.38. The summed E-state index contributed by atoms with van der Waals surface area (Å²) in [6, 6.07) is 4.61. The smallest absolute Gasteiger partial charge is 0.337 e. The normalized spacial score (nSPS) is 11.9. The lowest BCUT2D eigenvalue weighted by atomic mass is 10.1. The van der Waals surface area contributed by atoms with Gasteiger partial charge in [0, 0.05) is 6.54 Å². The summed E-state index contributed by atoms with van der Waals surface area (Å²) < 4.78 is 5.03. The van der Waals surface area contributed by atoms with Gasteiger partial charge in [-0.2, -0.15) is 0 Å². The van der Waals surface area contributed by atoms with E-state index in [2.05, 4.69) is 5.32 Å². The van der Waals surface area contributed by atoms with Crippen LogP contribution in [0.15, 0.2) is 18.2 Å². The van der Waals surface area contributed by atoms with E-state index in [1.54, 1.807) is 12.1 Å². The van der Waals surface area contributed by atoms with Gasteiger partial charge in [-0.05, 0) is 12.1 Å². The Hall–Kier alpha value is -1.79. The van der Waals surface area contributed by atoms with Crippen LogP contribution in [-0.4, -0.2) is 47.7 Å². The summed E-state index contributed by atoms with van der Waals surface area (Å²) in [5.74, 6) is -0.722. The highest BCUT2D eigenvalue weighted by Crippen LogP contribution is 2.28. The molecule has 1 atom stereocenters. The predicted octanol–water partition coefficient (Wildman–Crippen LogP) is 0.158. The molecule has 17 heavy (non-hydrogen) atoms. The van der Waals surface area contributed by atoms with E-state index in [1.807, 2.05) is 0 Å². The first-order chi connectivity index (χ1) is 8.10. The van der Waals surface area contributed by atoms with Gasteiger partial charge in [0.1, 0.15) is 5.75 Å². The standard InChI is InChI=1S/C11H15NO5/c1-17-9-4-2-3-8(11(15)16)10(9)12-5-7(14)6-13/h2-4,7,12-14H,5-6H2,1H3,(H,15,16). The van der Waals surface area contributed by atoms with Gasteiger partial charge in [0.15, 0.2) is 0 Å². The van der Waals surface area contributed by atoms with Crippen LogP contribution >= 0.6 is 0 Å². The van der Waals surface area contributed by atoms with Gasteiger partial charge in [-0.25, -0.2) is 4.79 Å². The van der Waals surface area contributed by atoms with Gasteiger partial charge in [-0.15, -0.1) is 0 Å². The maximum atomic E-state index is 11.0. The molecule has 0 aliphatic heterocycles. The quantitative estimate of drug-likeness (QED) is 0.566. The number of aromatic carboxylic acids is 1. The van der Waals surface area contributed by atoms with Gasteiger partial charge < -0.3 is 25.4 Å². The Morgan fingerprint density at radius 1 is 1.53 bits per heavy atom. The summed E-state index contributed by atoms with van der Waals surface area (Å²) in [5, 5.41) is 29.6. The van der Waals surface area contributed by atoms with Crippen molar-refractivity contribution in [1.82, 2.24) is 0 Å². The number of methoxy groups -OCH3 is 1. The molecule has 6 nitrogen and oxygen atoms in total. The van der Waals surface area contributed by atoms with Crippen LogP contribution in [0.5, 0.6) is 5.75 Å². The van der Waals surface area contributed by atoms with Crippen molar-refractivity contribution >= 4 is 11.7 Å². The second kappa shape index (κ2) is 6.07. The van der Waals surface area contributed by atoms with Crippen LogP contribution in [0.2, 0.25) is 0 Å². The van der Waals surface area contributed by atoms with Crippen LogP contribution in [-0.2, 0) is 0 Å². The number of hydrogen-bond donors (Lipinski definition) is 4. The molecule has 1 unspecified atom stereocenters. The first-order valence-electron chi connectivity index (χ1n) is 5.03. The number of aliphatic hydroxyl groups is 2. The van der Waals surface area contributed by atoms with E-state index in [1.165, 1.54) is 13.2 Å². The Kier molecular flexibility index (Phi) is 4.74. The van der Waals surface area contributed by atoms with Crippen LogP contribution in [0.4, 0.5) is 5.69 Å². The van der Waals surface area contributed by atoms with E-state index in [9.17, 15) is 9.90 Å². The molecule has 0 aromatic heterocycles. The number of rotatable bonds is 6. The summed E-state index contributed by atoms with van der Waals surface area (Å²) in [5.41, 5.74) is 0.337. The third-order valence-corrected chi connectivity index (χ3v) is 2.20. The molecular weight excluding hydrogens is 226 g/mol. The molecule has 94 valence electrons. The molecule has 0 radical (unpaired) electrons. The molecule has 0 fully saturated rings. The fraction of sp³-hybridized carbons (Fsp3) is 0.364. The van der Waals surface area contributed by atoms with Crippen molar-refractivity contribution < 1.29 is 24.9 Å². The van der Waals surface area contributed by atoms with E-state index in [0.717, 1.165) is 0 Å². The second-order valence-corrected chi connectivity index (χ2v) is 3.41. The fourth-order valence-corrected chi connectivity index (χ4v) is 1.35. The van der Waals surface area contributed by atoms with Gasteiger partial charge in [-0.1, -0.05) is 6.07 Å². The van der Waals surface area contributed by atoms with Crippen molar-refractivity contribution in [1.29, 1.82) is 0 Å². The fourth-order valence-electron chi connectivity index (χ4n) is 1.35. The summed E-state index contributed by atoms with van der Waals surface area (Å²) in [6.07, 6.45) is -0.957. The van der Waals surface area contributed by atoms with Crippen LogP contribution in [0.1, 0.15) is 10.4 Å².